The molecule has 5 heteroatoms. The predicted octanol–water partition coefficient (Wildman–Crippen LogP) is 3.41. The van der Waals surface area contributed by atoms with Crippen molar-refractivity contribution < 1.29 is 4.79 Å². The fraction of sp³-hybridized carbons (Fsp3) is 0.176. The molecule has 0 radical (unpaired) electrons. The van der Waals surface area contributed by atoms with Crippen molar-refractivity contribution in [3.63, 3.8) is 0 Å². The van der Waals surface area contributed by atoms with E-state index >= 15 is 0 Å². The minimum Gasteiger partial charge on any atom is -0.340 e. The average Bonchev–Trinajstić information content (AvgIpc) is 2.95. The first-order chi connectivity index (χ1) is 10.6. The van der Waals surface area contributed by atoms with E-state index in [0.29, 0.717) is 12.2 Å². The minimum absolute atomic E-state index is 0.0595. The fourth-order valence-corrected chi connectivity index (χ4v) is 2.63. The molecule has 0 unspecified atom stereocenters. The summed E-state index contributed by atoms with van der Waals surface area (Å²) in [5.41, 5.74) is 2.60. The largest absolute Gasteiger partial charge is 0.340 e. The molecular formula is C17H16BrN3O. The van der Waals surface area contributed by atoms with Gasteiger partial charge in [-0.2, -0.15) is 5.10 Å². The zero-order valence-corrected chi connectivity index (χ0v) is 13.8. The molecule has 1 aromatic carbocycles. The van der Waals surface area contributed by atoms with E-state index in [1.807, 2.05) is 49.6 Å². The number of amides is 1. The molecule has 0 aliphatic carbocycles. The van der Waals surface area contributed by atoms with E-state index in [-0.39, 0.29) is 5.91 Å². The van der Waals surface area contributed by atoms with Crippen LogP contribution in [0.1, 0.15) is 16.1 Å². The molecule has 0 aliphatic heterocycles. The third-order valence-electron chi connectivity index (χ3n) is 3.57. The molecule has 2 heterocycles. The van der Waals surface area contributed by atoms with Crippen molar-refractivity contribution >= 4 is 27.4 Å². The second-order valence-electron chi connectivity index (χ2n) is 5.21. The highest BCUT2D eigenvalue weighted by Crippen LogP contribution is 2.14. The predicted molar refractivity (Wildman–Crippen MR) is 90.0 cm³/mol. The second-order valence-corrected chi connectivity index (χ2v) is 6.12. The van der Waals surface area contributed by atoms with Crippen molar-refractivity contribution in [1.82, 2.24) is 14.5 Å². The molecule has 0 fully saturated rings. The number of benzene rings is 1. The van der Waals surface area contributed by atoms with E-state index in [0.717, 1.165) is 16.4 Å². The molecule has 3 rings (SSSR count). The van der Waals surface area contributed by atoms with Gasteiger partial charge in [0.2, 0.25) is 0 Å². The van der Waals surface area contributed by atoms with Crippen molar-refractivity contribution in [2.24, 2.45) is 0 Å². The first kappa shape index (κ1) is 14.8. The van der Waals surface area contributed by atoms with Crippen LogP contribution in [0.2, 0.25) is 0 Å². The Morgan fingerprint density at radius 2 is 2.00 bits per heavy atom. The standard InChI is InChI=1S/C17H16BrN3O/c1-20(10-9-13-5-3-2-4-6-13)17(22)16-11-15-8-7-14(18)12-21(15)19-16/h2-8,11-12H,9-10H2,1H3. The summed E-state index contributed by atoms with van der Waals surface area (Å²) in [5, 5.41) is 4.35. The summed E-state index contributed by atoms with van der Waals surface area (Å²) in [6, 6.07) is 15.8. The average molecular weight is 358 g/mol. The first-order valence-corrected chi connectivity index (χ1v) is 7.87. The third-order valence-corrected chi connectivity index (χ3v) is 4.04. The van der Waals surface area contributed by atoms with Crippen molar-refractivity contribution in [2.45, 2.75) is 6.42 Å². The van der Waals surface area contributed by atoms with Crippen molar-refractivity contribution in [1.29, 1.82) is 0 Å². The second kappa shape index (κ2) is 6.32. The van der Waals surface area contributed by atoms with Crippen molar-refractivity contribution in [2.75, 3.05) is 13.6 Å². The third kappa shape index (κ3) is 3.20. The summed E-state index contributed by atoms with van der Waals surface area (Å²) in [6.07, 6.45) is 2.68. The number of rotatable bonds is 4. The Morgan fingerprint density at radius 3 is 2.77 bits per heavy atom. The Balaban J connectivity index is 1.71. The number of carbonyl (C=O) groups is 1. The number of hydrogen-bond donors (Lipinski definition) is 0. The summed E-state index contributed by atoms with van der Waals surface area (Å²) in [6.45, 7) is 0.667. The number of carbonyl (C=O) groups excluding carboxylic acids is 1. The van der Waals surface area contributed by atoms with Gasteiger partial charge in [-0.15, -0.1) is 0 Å². The molecule has 2 aromatic heterocycles. The van der Waals surface area contributed by atoms with Gasteiger partial charge in [0.05, 0.1) is 5.52 Å². The molecule has 3 aromatic rings. The molecular weight excluding hydrogens is 342 g/mol. The van der Waals surface area contributed by atoms with Crippen molar-refractivity contribution in [3.05, 3.63) is 70.5 Å². The van der Waals surface area contributed by atoms with Crippen LogP contribution in [0.15, 0.2) is 59.2 Å². The van der Waals surface area contributed by atoms with Crippen molar-refractivity contribution in [3.8, 4) is 0 Å². The quantitative estimate of drug-likeness (QED) is 0.717. The van der Waals surface area contributed by atoms with Crippen LogP contribution in [0, 0.1) is 0 Å². The molecule has 0 saturated heterocycles. The number of halogens is 1. The number of fused-ring (bicyclic) bond motifs is 1. The number of pyridine rings is 1. The van der Waals surface area contributed by atoms with E-state index < -0.39 is 0 Å². The molecule has 0 N–H and O–H groups in total. The Hall–Kier alpha value is -2.14. The molecule has 4 nitrogen and oxygen atoms in total. The van der Waals surface area contributed by atoms with Gasteiger partial charge < -0.3 is 4.90 Å². The number of hydrogen-bond acceptors (Lipinski definition) is 2. The Labute approximate surface area is 137 Å². The maximum Gasteiger partial charge on any atom is 0.274 e. The lowest BCUT2D eigenvalue weighted by atomic mass is 10.1. The normalized spacial score (nSPS) is 10.8. The lowest BCUT2D eigenvalue weighted by Crippen LogP contribution is -2.29. The van der Waals surface area contributed by atoms with E-state index in [2.05, 4.69) is 33.2 Å². The summed E-state index contributed by atoms with van der Waals surface area (Å²) >= 11 is 3.40. The van der Waals surface area contributed by atoms with Gasteiger partial charge >= 0.3 is 0 Å². The van der Waals surface area contributed by atoms with Gasteiger partial charge in [-0.1, -0.05) is 30.3 Å². The van der Waals surface area contributed by atoms with Crippen LogP contribution in [-0.2, 0) is 6.42 Å². The van der Waals surface area contributed by atoms with Crippen LogP contribution in [0.25, 0.3) is 5.52 Å². The molecule has 22 heavy (non-hydrogen) atoms. The Bertz CT molecular complexity index is 798. The Kier molecular flexibility index (Phi) is 4.24. The lowest BCUT2D eigenvalue weighted by Gasteiger charge is -2.15. The maximum atomic E-state index is 12.5. The molecule has 0 saturated carbocycles. The first-order valence-electron chi connectivity index (χ1n) is 7.08. The van der Waals surface area contributed by atoms with E-state index in [1.165, 1.54) is 5.56 Å². The Morgan fingerprint density at radius 1 is 1.23 bits per heavy atom. The smallest absolute Gasteiger partial charge is 0.274 e. The molecule has 112 valence electrons. The fourth-order valence-electron chi connectivity index (χ4n) is 2.30. The van der Waals surface area contributed by atoms with Crippen LogP contribution < -0.4 is 0 Å². The van der Waals surface area contributed by atoms with Crippen LogP contribution in [0.5, 0.6) is 0 Å². The molecule has 0 bridgehead atoms. The van der Waals surface area contributed by atoms with Gasteiger partial charge in [0.25, 0.3) is 5.91 Å². The van der Waals surface area contributed by atoms with Crippen LogP contribution in [-0.4, -0.2) is 34.0 Å². The topological polar surface area (TPSA) is 37.6 Å². The summed E-state index contributed by atoms with van der Waals surface area (Å²) in [5.74, 6) is -0.0595. The van der Waals surface area contributed by atoms with Crippen LogP contribution in [0.4, 0.5) is 0 Å². The summed E-state index contributed by atoms with van der Waals surface area (Å²) in [4.78, 5) is 14.2. The number of aromatic nitrogens is 2. The molecule has 1 amide bonds. The zero-order chi connectivity index (χ0) is 15.5. The summed E-state index contributed by atoms with van der Waals surface area (Å²) < 4.78 is 2.64. The lowest BCUT2D eigenvalue weighted by molar-refractivity contribution is 0.0790. The van der Waals surface area contributed by atoms with Gasteiger partial charge in [-0.25, -0.2) is 4.52 Å². The van der Waals surface area contributed by atoms with E-state index in [9.17, 15) is 4.79 Å². The zero-order valence-electron chi connectivity index (χ0n) is 12.2. The van der Waals surface area contributed by atoms with Crippen LogP contribution >= 0.6 is 15.9 Å². The number of likely N-dealkylation sites (N-methyl/N-ethyl adjacent to an activating group) is 1. The van der Waals surface area contributed by atoms with Gasteiger partial charge in [0, 0.05) is 24.3 Å². The van der Waals surface area contributed by atoms with Gasteiger partial charge in [-0.05, 0) is 46.1 Å². The monoisotopic (exact) mass is 357 g/mol. The summed E-state index contributed by atoms with van der Waals surface area (Å²) in [7, 11) is 1.81. The number of nitrogens with zero attached hydrogens (tertiary/aromatic N) is 3. The van der Waals surface area contributed by atoms with E-state index in [4.69, 9.17) is 0 Å². The van der Waals surface area contributed by atoms with E-state index in [1.54, 1.807) is 9.42 Å². The van der Waals surface area contributed by atoms with Crippen LogP contribution in [0.3, 0.4) is 0 Å². The molecule has 0 atom stereocenters. The molecule has 0 spiro atoms. The highest BCUT2D eigenvalue weighted by atomic mass is 79.9. The van der Waals surface area contributed by atoms with Gasteiger partial charge in [-0.3, -0.25) is 4.79 Å². The van der Waals surface area contributed by atoms with Gasteiger partial charge in [0.15, 0.2) is 5.69 Å². The highest BCUT2D eigenvalue weighted by molar-refractivity contribution is 9.10. The highest BCUT2D eigenvalue weighted by Gasteiger charge is 2.15. The molecule has 0 aliphatic rings. The van der Waals surface area contributed by atoms with Gasteiger partial charge in [0.1, 0.15) is 0 Å². The maximum absolute atomic E-state index is 12.5. The SMILES string of the molecule is CN(CCc1ccccc1)C(=O)c1cc2ccc(Br)cn2n1. The minimum atomic E-state index is -0.0595.